The van der Waals surface area contributed by atoms with Crippen molar-refractivity contribution < 1.29 is 23.9 Å². The van der Waals surface area contributed by atoms with Gasteiger partial charge in [-0.1, -0.05) is 39.0 Å². The van der Waals surface area contributed by atoms with Gasteiger partial charge < -0.3 is 30.3 Å². The van der Waals surface area contributed by atoms with Crippen LogP contribution in [-0.2, 0) is 20.8 Å². The van der Waals surface area contributed by atoms with Crippen LogP contribution in [0, 0.1) is 5.41 Å². The normalized spacial score (nSPS) is 15.9. The van der Waals surface area contributed by atoms with Gasteiger partial charge in [0.05, 0.1) is 24.7 Å². The Morgan fingerprint density at radius 1 is 1.00 bits per heavy atom. The van der Waals surface area contributed by atoms with Gasteiger partial charge in [0.15, 0.2) is 5.78 Å². The lowest BCUT2D eigenvalue weighted by molar-refractivity contribution is -0.143. The number of nitrogens with one attached hydrogen (secondary N) is 3. The number of benzene rings is 3. The van der Waals surface area contributed by atoms with Crippen LogP contribution in [0.2, 0.25) is 0 Å². The lowest BCUT2D eigenvalue weighted by Crippen LogP contribution is -2.58. The van der Waals surface area contributed by atoms with Crippen LogP contribution >= 0.6 is 0 Å². The molecule has 0 radical (unpaired) electrons. The summed E-state index contributed by atoms with van der Waals surface area (Å²) < 4.78 is 11.6. The van der Waals surface area contributed by atoms with Crippen molar-refractivity contribution >= 4 is 40.0 Å². The molecule has 1 aromatic heterocycles. The van der Waals surface area contributed by atoms with Crippen LogP contribution < -0.4 is 25.4 Å². The molecule has 3 atom stereocenters. The fraction of sp³-hybridized carbons (Fsp3) is 0.378. The second kappa shape index (κ2) is 14.8. The Morgan fingerprint density at radius 3 is 2.38 bits per heavy atom. The van der Waals surface area contributed by atoms with Gasteiger partial charge in [0.25, 0.3) is 0 Å². The minimum Gasteiger partial charge on any atom is -0.496 e. The summed E-state index contributed by atoms with van der Waals surface area (Å²) in [5.41, 5.74) is 1.56. The molecule has 4 aromatic rings. The molecule has 0 spiro atoms. The van der Waals surface area contributed by atoms with Gasteiger partial charge in [0.1, 0.15) is 35.4 Å². The largest absolute Gasteiger partial charge is 0.496 e. The van der Waals surface area contributed by atoms with Crippen LogP contribution in [0.5, 0.6) is 17.2 Å². The molecule has 48 heavy (non-hydrogen) atoms. The molecule has 11 heteroatoms. The number of Topliss-reactive ketones (excluding diaryl/α,β-unsaturated/α-hetero) is 1. The molecule has 2 amide bonds. The number of carbonyl (C=O) groups is 3. The molecule has 0 saturated carbocycles. The molecule has 0 unspecified atom stereocenters. The van der Waals surface area contributed by atoms with Gasteiger partial charge in [-0.2, -0.15) is 0 Å². The zero-order chi connectivity index (χ0) is 34.4. The van der Waals surface area contributed by atoms with Crippen molar-refractivity contribution in [1.29, 1.82) is 0 Å². The second-order valence-electron chi connectivity index (χ2n) is 13.1. The van der Waals surface area contributed by atoms with Crippen LogP contribution in [-0.4, -0.2) is 71.3 Å². The van der Waals surface area contributed by atoms with Crippen molar-refractivity contribution in [2.24, 2.45) is 5.41 Å². The molecule has 5 rings (SSSR count). The molecule has 0 bridgehead atoms. The van der Waals surface area contributed by atoms with Gasteiger partial charge in [-0.25, -0.2) is 9.97 Å². The first kappa shape index (κ1) is 34.3. The van der Waals surface area contributed by atoms with Gasteiger partial charge >= 0.3 is 0 Å². The number of aromatic nitrogens is 2. The van der Waals surface area contributed by atoms with E-state index in [-0.39, 0.29) is 24.0 Å². The van der Waals surface area contributed by atoms with E-state index >= 15 is 0 Å². The number of para-hydroxylation sites is 1. The molecule has 252 valence electrons. The van der Waals surface area contributed by atoms with E-state index in [1.54, 1.807) is 32.0 Å². The smallest absolute Gasteiger partial charge is 0.246 e. The summed E-state index contributed by atoms with van der Waals surface area (Å²) in [5, 5.41) is 9.92. The monoisotopic (exact) mass is 652 g/mol. The Hall–Kier alpha value is -5.03. The predicted molar refractivity (Wildman–Crippen MR) is 186 cm³/mol. The molecular formula is C37H44N6O5. The highest BCUT2D eigenvalue weighted by Gasteiger charge is 2.42. The summed E-state index contributed by atoms with van der Waals surface area (Å²) in [5.74, 6) is 1.94. The van der Waals surface area contributed by atoms with E-state index in [2.05, 4.69) is 25.9 Å². The lowest BCUT2D eigenvalue weighted by atomic mass is 9.85. The summed E-state index contributed by atoms with van der Waals surface area (Å²) in [6, 6.07) is 18.9. The van der Waals surface area contributed by atoms with Gasteiger partial charge in [0.2, 0.25) is 11.8 Å². The van der Waals surface area contributed by atoms with E-state index in [1.807, 2.05) is 81.4 Å². The Bertz CT molecular complexity index is 1760. The third-order valence-electron chi connectivity index (χ3n) is 8.63. The zero-order valence-corrected chi connectivity index (χ0v) is 28.4. The number of ether oxygens (including phenoxy) is 2. The van der Waals surface area contributed by atoms with Gasteiger partial charge in [-0.15, -0.1) is 0 Å². The molecule has 3 aromatic carbocycles. The van der Waals surface area contributed by atoms with Crippen molar-refractivity contribution in [1.82, 2.24) is 25.5 Å². The molecule has 11 nitrogen and oxygen atoms in total. The number of likely N-dealkylation sites (N-methyl/N-ethyl adjacent to an activating group) is 1. The SMILES string of the molecule is CN[C@@H](C)C(=O)N[C@H](C(=O)N1CCC[C@H]1C(=O)Cc1cc2c(Nc3ccc(Oc4ccccc4)cc3)ncnc2cc1OC)C(C)(C)C. The van der Waals surface area contributed by atoms with Gasteiger partial charge in [0, 0.05) is 35.7 Å². The standard InChI is InChI=1S/C37H44N6O5/c1-23(38-5)35(45)42-33(37(2,3)4)36(46)43-18-10-13-30(43)31(44)20-24-19-28-29(21-32(24)47-6)39-22-40-34(28)41-25-14-16-27(17-15-25)48-26-11-8-7-9-12-26/h7-9,11-12,14-17,19,21-23,30,33,38H,10,13,18,20H2,1-6H3,(H,42,45)(H,39,40,41)/t23-,30-,33+/m0/s1. The van der Waals surface area contributed by atoms with Crippen LogP contribution in [0.3, 0.4) is 0 Å². The Morgan fingerprint density at radius 2 is 1.71 bits per heavy atom. The number of anilines is 2. The molecule has 3 N–H and O–H groups in total. The molecule has 1 aliphatic rings. The van der Waals surface area contributed by atoms with E-state index in [0.717, 1.165) is 16.8 Å². The minimum absolute atomic E-state index is 0.0523. The highest BCUT2D eigenvalue weighted by molar-refractivity contribution is 5.97. The highest BCUT2D eigenvalue weighted by atomic mass is 16.5. The summed E-state index contributed by atoms with van der Waals surface area (Å²) in [7, 11) is 3.25. The second-order valence-corrected chi connectivity index (χ2v) is 13.1. The third-order valence-corrected chi connectivity index (χ3v) is 8.63. The lowest BCUT2D eigenvalue weighted by Gasteiger charge is -2.36. The van der Waals surface area contributed by atoms with E-state index in [4.69, 9.17) is 9.47 Å². The predicted octanol–water partition coefficient (Wildman–Crippen LogP) is 5.42. The number of fused-ring (bicyclic) bond motifs is 1. The number of hydrogen-bond acceptors (Lipinski definition) is 9. The number of amides is 2. The molecule has 1 fully saturated rings. The average molecular weight is 653 g/mol. The maximum Gasteiger partial charge on any atom is 0.246 e. The number of hydrogen-bond donors (Lipinski definition) is 3. The van der Waals surface area contributed by atoms with Crippen molar-refractivity contribution in [2.75, 3.05) is 26.0 Å². The van der Waals surface area contributed by atoms with E-state index < -0.39 is 23.5 Å². The van der Waals surface area contributed by atoms with Crippen LogP contribution in [0.4, 0.5) is 11.5 Å². The Labute approximate surface area is 281 Å². The molecule has 1 saturated heterocycles. The van der Waals surface area contributed by atoms with Crippen LogP contribution in [0.1, 0.15) is 46.1 Å². The van der Waals surface area contributed by atoms with Crippen molar-refractivity contribution in [3.05, 3.63) is 78.6 Å². The number of rotatable bonds is 12. The first-order chi connectivity index (χ1) is 23.0. The summed E-state index contributed by atoms with van der Waals surface area (Å²) in [4.78, 5) is 51.2. The first-order valence-electron chi connectivity index (χ1n) is 16.2. The highest BCUT2D eigenvalue weighted by Crippen LogP contribution is 2.33. The zero-order valence-electron chi connectivity index (χ0n) is 28.4. The Kier molecular flexibility index (Phi) is 10.6. The average Bonchev–Trinajstić information content (AvgIpc) is 3.58. The van der Waals surface area contributed by atoms with Crippen LogP contribution in [0.25, 0.3) is 10.9 Å². The van der Waals surface area contributed by atoms with Gasteiger partial charge in [-0.3, -0.25) is 14.4 Å². The van der Waals surface area contributed by atoms with Crippen molar-refractivity contribution in [2.45, 2.75) is 65.1 Å². The molecular weight excluding hydrogens is 608 g/mol. The fourth-order valence-corrected chi connectivity index (χ4v) is 5.81. The van der Waals surface area contributed by atoms with Crippen LogP contribution in [0.15, 0.2) is 73.1 Å². The summed E-state index contributed by atoms with van der Waals surface area (Å²) in [6.45, 7) is 7.92. The quantitative estimate of drug-likeness (QED) is 0.184. The van der Waals surface area contributed by atoms with Gasteiger partial charge in [-0.05, 0) is 74.7 Å². The number of methoxy groups -OCH3 is 1. The topological polar surface area (TPSA) is 135 Å². The number of carbonyl (C=O) groups excluding carboxylic acids is 3. The van der Waals surface area contributed by atoms with E-state index in [0.29, 0.717) is 47.8 Å². The van der Waals surface area contributed by atoms with E-state index in [1.165, 1.54) is 6.33 Å². The first-order valence-corrected chi connectivity index (χ1v) is 16.2. The summed E-state index contributed by atoms with van der Waals surface area (Å²) in [6.07, 6.45) is 2.78. The fourth-order valence-electron chi connectivity index (χ4n) is 5.81. The van der Waals surface area contributed by atoms with Crippen molar-refractivity contribution in [3.63, 3.8) is 0 Å². The number of ketones is 1. The van der Waals surface area contributed by atoms with Crippen molar-refractivity contribution in [3.8, 4) is 17.2 Å². The molecule has 1 aliphatic heterocycles. The molecule has 0 aliphatic carbocycles. The number of nitrogens with zero attached hydrogens (tertiary/aromatic N) is 3. The molecule has 2 heterocycles. The number of likely N-dealkylation sites (tertiary alicyclic amines) is 1. The Balaban J connectivity index is 1.35. The maximum absolute atomic E-state index is 13.9. The maximum atomic E-state index is 13.9. The minimum atomic E-state index is -0.783. The summed E-state index contributed by atoms with van der Waals surface area (Å²) >= 11 is 0. The van der Waals surface area contributed by atoms with E-state index in [9.17, 15) is 14.4 Å². The third kappa shape index (κ3) is 7.91.